The van der Waals surface area contributed by atoms with Crippen LogP contribution in [-0.2, 0) is 0 Å². The zero-order valence-corrected chi connectivity index (χ0v) is 14.0. The molecular formula is C17H20N4OS. The second kappa shape index (κ2) is 7.48. The lowest BCUT2D eigenvalue weighted by Crippen LogP contribution is -2.48. The van der Waals surface area contributed by atoms with Gasteiger partial charge in [0.15, 0.2) is 0 Å². The van der Waals surface area contributed by atoms with Gasteiger partial charge in [0, 0.05) is 32.7 Å². The van der Waals surface area contributed by atoms with E-state index in [1.807, 2.05) is 30.0 Å². The molecule has 1 fully saturated rings. The van der Waals surface area contributed by atoms with E-state index in [0.717, 1.165) is 32.7 Å². The van der Waals surface area contributed by atoms with Crippen LogP contribution < -0.4 is 0 Å². The van der Waals surface area contributed by atoms with Gasteiger partial charge in [-0.1, -0.05) is 42.5 Å². The molecule has 1 aliphatic rings. The Bertz CT molecular complexity index is 675. The van der Waals surface area contributed by atoms with Crippen LogP contribution in [-0.4, -0.2) is 57.8 Å². The summed E-state index contributed by atoms with van der Waals surface area (Å²) in [4.78, 5) is 20.7. The van der Waals surface area contributed by atoms with Gasteiger partial charge in [-0.15, -0.1) is 0 Å². The lowest BCUT2D eigenvalue weighted by atomic mass is 10.2. The Morgan fingerprint density at radius 3 is 2.61 bits per heavy atom. The standard InChI is InChI=1S/C17H20N4OS/c1-14-18-16(23-19-14)17(22)21-12-10-20(11-13-21)9-5-8-15-6-3-2-4-7-15/h2-8H,9-13H2,1H3. The van der Waals surface area contributed by atoms with Gasteiger partial charge < -0.3 is 4.90 Å². The van der Waals surface area contributed by atoms with Crippen LogP contribution in [0.1, 0.15) is 21.2 Å². The average molecular weight is 328 g/mol. The summed E-state index contributed by atoms with van der Waals surface area (Å²) in [6, 6.07) is 10.3. The van der Waals surface area contributed by atoms with Crippen molar-refractivity contribution < 1.29 is 4.79 Å². The van der Waals surface area contributed by atoms with Crippen molar-refractivity contribution in [2.75, 3.05) is 32.7 Å². The SMILES string of the molecule is Cc1nsc(C(=O)N2CCN(CC=Cc3ccccc3)CC2)n1. The van der Waals surface area contributed by atoms with Crippen molar-refractivity contribution in [1.29, 1.82) is 0 Å². The molecule has 1 amide bonds. The van der Waals surface area contributed by atoms with Crippen molar-refractivity contribution in [3.05, 3.63) is 52.8 Å². The first-order valence-corrected chi connectivity index (χ1v) is 8.53. The van der Waals surface area contributed by atoms with Crippen LogP contribution in [0.25, 0.3) is 6.08 Å². The molecule has 0 N–H and O–H groups in total. The van der Waals surface area contributed by atoms with E-state index in [2.05, 4.69) is 38.5 Å². The first kappa shape index (κ1) is 15.8. The number of aromatic nitrogens is 2. The third kappa shape index (κ3) is 4.24. The summed E-state index contributed by atoms with van der Waals surface area (Å²) >= 11 is 1.19. The Morgan fingerprint density at radius 2 is 1.96 bits per heavy atom. The van der Waals surface area contributed by atoms with Gasteiger partial charge in [0.25, 0.3) is 5.91 Å². The number of carbonyl (C=O) groups is 1. The van der Waals surface area contributed by atoms with E-state index >= 15 is 0 Å². The Hall–Kier alpha value is -2.05. The largest absolute Gasteiger partial charge is 0.334 e. The zero-order valence-electron chi connectivity index (χ0n) is 13.2. The summed E-state index contributed by atoms with van der Waals surface area (Å²) in [6.07, 6.45) is 4.32. The number of hydrogen-bond donors (Lipinski definition) is 0. The normalized spacial score (nSPS) is 16.1. The second-order valence-corrected chi connectivity index (χ2v) is 6.30. The van der Waals surface area contributed by atoms with Crippen molar-refractivity contribution in [1.82, 2.24) is 19.2 Å². The summed E-state index contributed by atoms with van der Waals surface area (Å²) in [5.41, 5.74) is 1.22. The van der Waals surface area contributed by atoms with E-state index in [9.17, 15) is 4.79 Å². The van der Waals surface area contributed by atoms with Crippen molar-refractivity contribution in [2.24, 2.45) is 0 Å². The van der Waals surface area contributed by atoms with Crippen molar-refractivity contribution in [2.45, 2.75) is 6.92 Å². The van der Waals surface area contributed by atoms with Crippen LogP contribution in [0.3, 0.4) is 0 Å². The first-order chi connectivity index (χ1) is 11.2. The van der Waals surface area contributed by atoms with E-state index in [1.54, 1.807) is 0 Å². The molecular weight excluding hydrogens is 308 g/mol. The van der Waals surface area contributed by atoms with Gasteiger partial charge in [-0.05, 0) is 24.0 Å². The predicted octanol–water partition coefficient (Wildman–Crippen LogP) is 2.32. The summed E-state index contributed by atoms with van der Waals surface area (Å²) in [5, 5.41) is 0.500. The molecule has 0 radical (unpaired) electrons. The smallest absolute Gasteiger partial charge is 0.284 e. The molecule has 1 saturated heterocycles. The van der Waals surface area contributed by atoms with E-state index in [-0.39, 0.29) is 5.91 Å². The molecule has 0 atom stereocenters. The Kier molecular flexibility index (Phi) is 5.15. The van der Waals surface area contributed by atoms with Crippen LogP contribution in [0.15, 0.2) is 36.4 Å². The quantitative estimate of drug-likeness (QED) is 0.864. The molecule has 3 rings (SSSR count). The highest BCUT2D eigenvalue weighted by atomic mass is 32.1. The van der Waals surface area contributed by atoms with Crippen LogP contribution in [0.4, 0.5) is 0 Å². The van der Waals surface area contributed by atoms with Crippen LogP contribution in [0.2, 0.25) is 0 Å². The molecule has 0 saturated carbocycles. The number of rotatable bonds is 4. The van der Waals surface area contributed by atoms with Gasteiger partial charge in [-0.2, -0.15) is 4.37 Å². The van der Waals surface area contributed by atoms with Crippen LogP contribution >= 0.6 is 11.5 Å². The van der Waals surface area contributed by atoms with E-state index in [0.29, 0.717) is 10.8 Å². The minimum atomic E-state index is 0.00933. The highest BCUT2D eigenvalue weighted by molar-refractivity contribution is 7.07. The molecule has 6 heteroatoms. The second-order valence-electron chi connectivity index (χ2n) is 5.55. The molecule has 1 aliphatic heterocycles. The molecule has 120 valence electrons. The Morgan fingerprint density at radius 1 is 1.22 bits per heavy atom. The third-order valence-electron chi connectivity index (χ3n) is 3.84. The molecule has 2 heterocycles. The maximum absolute atomic E-state index is 12.3. The maximum atomic E-state index is 12.3. The highest BCUT2D eigenvalue weighted by Crippen LogP contribution is 2.11. The van der Waals surface area contributed by atoms with E-state index in [4.69, 9.17) is 0 Å². The van der Waals surface area contributed by atoms with E-state index < -0.39 is 0 Å². The molecule has 0 bridgehead atoms. The molecule has 1 aromatic heterocycles. The van der Waals surface area contributed by atoms with Gasteiger partial charge in [-0.3, -0.25) is 9.69 Å². The molecule has 1 aromatic carbocycles. The molecule has 0 spiro atoms. The lowest BCUT2D eigenvalue weighted by Gasteiger charge is -2.33. The highest BCUT2D eigenvalue weighted by Gasteiger charge is 2.23. The van der Waals surface area contributed by atoms with Gasteiger partial charge in [0.1, 0.15) is 5.82 Å². The molecule has 23 heavy (non-hydrogen) atoms. The van der Waals surface area contributed by atoms with Gasteiger partial charge >= 0.3 is 0 Å². The molecule has 2 aromatic rings. The summed E-state index contributed by atoms with van der Waals surface area (Å²) in [5.74, 6) is 0.679. The van der Waals surface area contributed by atoms with Gasteiger partial charge in [-0.25, -0.2) is 4.98 Å². The summed E-state index contributed by atoms with van der Waals surface area (Å²) < 4.78 is 4.08. The number of benzene rings is 1. The monoisotopic (exact) mass is 328 g/mol. The fourth-order valence-corrected chi connectivity index (χ4v) is 3.19. The fourth-order valence-electron chi connectivity index (χ4n) is 2.55. The first-order valence-electron chi connectivity index (χ1n) is 7.76. The molecule has 0 unspecified atom stereocenters. The number of aryl methyl sites for hydroxylation is 1. The average Bonchev–Trinajstić information content (AvgIpc) is 3.02. The Balaban J connectivity index is 1.47. The number of hydrogen-bond acceptors (Lipinski definition) is 5. The summed E-state index contributed by atoms with van der Waals surface area (Å²) in [6.45, 7) is 6.00. The zero-order chi connectivity index (χ0) is 16.1. The fraction of sp³-hybridized carbons (Fsp3) is 0.353. The number of nitrogens with zero attached hydrogens (tertiary/aromatic N) is 4. The van der Waals surface area contributed by atoms with Crippen molar-refractivity contribution in [3.8, 4) is 0 Å². The topological polar surface area (TPSA) is 49.3 Å². The minimum absolute atomic E-state index is 0.00933. The van der Waals surface area contributed by atoms with Crippen LogP contribution in [0, 0.1) is 6.92 Å². The third-order valence-corrected chi connectivity index (χ3v) is 4.64. The minimum Gasteiger partial charge on any atom is -0.334 e. The molecule has 5 nitrogen and oxygen atoms in total. The Labute approximate surface area is 140 Å². The van der Waals surface area contributed by atoms with Crippen molar-refractivity contribution >= 4 is 23.5 Å². The van der Waals surface area contributed by atoms with Crippen LogP contribution in [0.5, 0.6) is 0 Å². The van der Waals surface area contributed by atoms with Gasteiger partial charge in [0.2, 0.25) is 5.01 Å². The van der Waals surface area contributed by atoms with E-state index in [1.165, 1.54) is 17.1 Å². The maximum Gasteiger partial charge on any atom is 0.284 e. The predicted molar refractivity (Wildman–Crippen MR) is 92.5 cm³/mol. The number of carbonyl (C=O) groups excluding carboxylic acids is 1. The summed E-state index contributed by atoms with van der Waals surface area (Å²) in [7, 11) is 0. The van der Waals surface area contributed by atoms with Gasteiger partial charge in [0.05, 0.1) is 0 Å². The number of amides is 1. The number of piperazine rings is 1. The molecule has 0 aliphatic carbocycles. The van der Waals surface area contributed by atoms with Crippen molar-refractivity contribution in [3.63, 3.8) is 0 Å². The lowest BCUT2D eigenvalue weighted by molar-refractivity contribution is 0.0650.